The van der Waals surface area contributed by atoms with Crippen molar-refractivity contribution in [3.05, 3.63) is 34.6 Å². The van der Waals surface area contributed by atoms with Gasteiger partial charge in [0.15, 0.2) is 11.5 Å². The molecule has 6 nitrogen and oxygen atoms in total. The van der Waals surface area contributed by atoms with Gasteiger partial charge in [0.25, 0.3) is 5.56 Å². The number of aromatic nitrogens is 2. The third kappa shape index (κ3) is 2.27. The molecule has 18 heavy (non-hydrogen) atoms. The number of benzene rings is 1. The number of nitrogens with one attached hydrogen (secondary N) is 1. The first-order valence-corrected chi connectivity index (χ1v) is 5.23. The van der Waals surface area contributed by atoms with Crippen LogP contribution in [0, 0.1) is 0 Å². The Morgan fingerprint density at radius 3 is 2.50 bits per heavy atom. The Kier molecular flexibility index (Phi) is 3.18. The molecule has 1 aromatic carbocycles. The molecule has 94 valence electrons. The van der Waals surface area contributed by atoms with Crippen LogP contribution < -0.4 is 20.8 Å². The van der Waals surface area contributed by atoms with Crippen molar-refractivity contribution < 1.29 is 9.47 Å². The van der Waals surface area contributed by atoms with Crippen molar-refractivity contribution >= 4 is 5.82 Å². The number of hydrogen-bond donors (Lipinski definition) is 2. The highest BCUT2D eigenvalue weighted by atomic mass is 16.5. The van der Waals surface area contributed by atoms with Crippen LogP contribution in [0.2, 0.25) is 0 Å². The lowest BCUT2D eigenvalue weighted by atomic mass is 10.2. The van der Waals surface area contributed by atoms with E-state index in [1.165, 1.54) is 13.2 Å². The number of methoxy groups -OCH3 is 2. The van der Waals surface area contributed by atoms with E-state index in [9.17, 15) is 4.79 Å². The summed E-state index contributed by atoms with van der Waals surface area (Å²) >= 11 is 0. The van der Waals surface area contributed by atoms with Crippen LogP contribution >= 0.6 is 0 Å². The zero-order valence-electron chi connectivity index (χ0n) is 10.1. The van der Waals surface area contributed by atoms with E-state index in [1.807, 2.05) is 0 Å². The summed E-state index contributed by atoms with van der Waals surface area (Å²) in [4.78, 5) is 18.0. The van der Waals surface area contributed by atoms with Gasteiger partial charge in [-0.15, -0.1) is 0 Å². The number of ether oxygens (including phenoxy) is 2. The number of anilines is 1. The molecule has 0 radical (unpaired) electrons. The molecule has 0 amide bonds. The third-order valence-corrected chi connectivity index (χ3v) is 2.42. The Balaban J connectivity index is 2.54. The van der Waals surface area contributed by atoms with Crippen LogP contribution in [0.25, 0.3) is 11.4 Å². The second-order valence-corrected chi connectivity index (χ2v) is 3.59. The topological polar surface area (TPSA) is 90.2 Å². The first-order valence-electron chi connectivity index (χ1n) is 5.23. The van der Waals surface area contributed by atoms with Crippen molar-refractivity contribution in [2.24, 2.45) is 0 Å². The summed E-state index contributed by atoms with van der Waals surface area (Å²) in [5.74, 6) is 1.72. The van der Waals surface area contributed by atoms with Crippen molar-refractivity contribution in [3.63, 3.8) is 0 Å². The summed E-state index contributed by atoms with van der Waals surface area (Å²) in [5, 5.41) is 0. The van der Waals surface area contributed by atoms with E-state index in [-0.39, 0.29) is 11.4 Å². The van der Waals surface area contributed by atoms with Gasteiger partial charge in [-0.1, -0.05) is 0 Å². The minimum Gasteiger partial charge on any atom is -0.493 e. The fourth-order valence-corrected chi connectivity index (χ4v) is 1.60. The molecule has 0 saturated carbocycles. The van der Waals surface area contributed by atoms with Crippen LogP contribution in [-0.4, -0.2) is 24.2 Å². The average Bonchev–Trinajstić information content (AvgIpc) is 2.36. The molecule has 0 bridgehead atoms. The molecule has 0 spiro atoms. The molecular weight excluding hydrogens is 234 g/mol. The quantitative estimate of drug-likeness (QED) is 0.845. The maximum absolute atomic E-state index is 11.3. The van der Waals surface area contributed by atoms with E-state index in [4.69, 9.17) is 15.2 Å². The minimum absolute atomic E-state index is 0.170. The maximum atomic E-state index is 11.3. The van der Waals surface area contributed by atoms with E-state index in [0.717, 1.165) is 0 Å². The van der Waals surface area contributed by atoms with Crippen molar-refractivity contribution in [1.82, 2.24) is 9.97 Å². The van der Waals surface area contributed by atoms with E-state index >= 15 is 0 Å². The first kappa shape index (κ1) is 12.0. The Bertz CT molecular complexity index is 622. The lowest BCUT2D eigenvalue weighted by Crippen LogP contribution is -2.09. The number of nitrogens with zero attached hydrogens (tertiary/aromatic N) is 1. The molecule has 0 saturated heterocycles. The van der Waals surface area contributed by atoms with Crippen molar-refractivity contribution in [2.45, 2.75) is 0 Å². The van der Waals surface area contributed by atoms with Gasteiger partial charge in [-0.05, 0) is 18.2 Å². The maximum Gasteiger partial charge on any atom is 0.253 e. The van der Waals surface area contributed by atoms with Gasteiger partial charge in [-0.2, -0.15) is 0 Å². The molecule has 2 rings (SSSR count). The van der Waals surface area contributed by atoms with E-state index in [2.05, 4.69) is 9.97 Å². The molecule has 1 heterocycles. The van der Waals surface area contributed by atoms with Gasteiger partial charge in [0.05, 0.1) is 14.2 Å². The molecule has 0 aliphatic rings. The van der Waals surface area contributed by atoms with E-state index in [1.54, 1.807) is 25.3 Å². The van der Waals surface area contributed by atoms with Crippen LogP contribution in [-0.2, 0) is 0 Å². The Hall–Kier alpha value is -2.50. The SMILES string of the molecule is COc1ccc(-c2nc(N)cc(=O)[nH]2)cc1OC. The van der Waals surface area contributed by atoms with Gasteiger partial charge in [0.1, 0.15) is 11.6 Å². The molecule has 0 aliphatic heterocycles. The monoisotopic (exact) mass is 247 g/mol. The minimum atomic E-state index is -0.299. The molecule has 0 atom stereocenters. The summed E-state index contributed by atoms with van der Waals surface area (Å²) in [7, 11) is 3.09. The number of hydrogen-bond acceptors (Lipinski definition) is 5. The summed E-state index contributed by atoms with van der Waals surface area (Å²) in [6.45, 7) is 0. The average molecular weight is 247 g/mol. The van der Waals surface area contributed by atoms with Gasteiger partial charge in [-0.25, -0.2) is 4.98 Å². The molecular formula is C12H13N3O3. The van der Waals surface area contributed by atoms with E-state index in [0.29, 0.717) is 22.9 Å². The second-order valence-electron chi connectivity index (χ2n) is 3.59. The fourth-order valence-electron chi connectivity index (χ4n) is 1.60. The summed E-state index contributed by atoms with van der Waals surface area (Å²) in [6, 6.07) is 6.44. The Labute approximate surface area is 103 Å². The largest absolute Gasteiger partial charge is 0.493 e. The van der Waals surface area contributed by atoms with Crippen LogP contribution in [0.5, 0.6) is 11.5 Å². The number of nitrogen functional groups attached to an aromatic ring is 1. The van der Waals surface area contributed by atoms with Crippen LogP contribution in [0.4, 0.5) is 5.82 Å². The van der Waals surface area contributed by atoms with Gasteiger partial charge in [0, 0.05) is 11.6 Å². The summed E-state index contributed by atoms with van der Waals surface area (Å²) < 4.78 is 10.3. The Morgan fingerprint density at radius 1 is 1.17 bits per heavy atom. The highest BCUT2D eigenvalue weighted by Crippen LogP contribution is 2.30. The molecule has 6 heteroatoms. The van der Waals surface area contributed by atoms with Crippen molar-refractivity contribution in [2.75, 3.05) is 20.0 Å². The second kappa shape index (κ2) is 4.79. The van der Waals surface area contributed by atoms with Gasteiger partial charge in [-0.3, -0.25) is 4.79 Å². The Morgan fingerprint density at radius 2 is 1.89 bits per heavy atom. The number of nitrogens with two attached hydrogens (primary N) is 1. The first-order chi connectivity index (χ1) is 8.63. The third-order valence-electron chi connectivity index (χ3n) is 2.42. The number of aromatic amines is 1. The van der Waals surface area contributed by atoms with Gasteiger partial charge < -0.3 is 20.2 Å². The van der Waals surface area contributed by atoms with Crippen molar-refractivity contribution in [3.8, 4) is 22.9 Å². The van der Waals surface area contributed by atoms with Crippen LogP contribution in [0.15, 0.2) is 29.1 Å². The lowest BCUT2D eigenvalue weighted by molar-refractivity contribution is 0.355. The fraction of sp³-hybridized carbons (Fsp3) is 0.167. The standard InChI is InChI=1S/C12H13N3O3/c1-17-8-4-3-7(5-9(8)18-2)12-14-10(13)6-11(16)15-12/h3-6H,1-2H3,(H3,13,14,15,16). The predicted octanol–water partition coefficient (Wildman–Crippen LogP) is 1.04. The zero-order valence-corrected chi connectivity index (χ0v) is 10.1. The van der Waals surface area contributed by atoms with Crippen LogP contribution in [0.3, 0.4) is 0 Å². The molecule has 1 aromatic heterocycles. The molecule has 0 aliphatic carbocycles. The molecule has 0 fully saturated rings. The molecule has 0 unspecified atom stereocenters. The normalized spacial score (nSPS) is 10.1. The predicted molar refractivity (Wildman–Crippen MR) is 67.8 cm³/mol. The smallest absolute Gasteiger partial charge is 0.253 e. The zero-order chi connectivity index (χ0) is 13.1. The van der Waals surface area contributed by atoms with Crippen molar-refractivity contribution in [1.29, 1.82) is 0 Å². The number of rotatable bonds is 3. The highest BCUT2D eigenvalue weighted by Gasteiger charge is 2.08. The number of H-pyrrole nitrogens is 1. The highest BCUT2D eigenvalue weighted by molar-refractivity contribution is 5.61. The van der Waals surface area contributed by atoms with Crippen LogP contribution in [0.1, 0.15) is 0 Å². The summed E-state index contributed by atoms with van der Waals surface area (Å²) in [6.07, 6.45) is 0. The molecule has 3 N–H and O–H groups in total. The summed E-state index contributed by atoms with van der Waals surface area (Å²) in [5.41, 5.74) is 5.93. The van der Waals surface area contributed by atoms with Gasteiger partial charge in [0.2, 0.25) is 0 Å². The van der Waals surface area contributed by atoms with Gasteiger partial charge >= 0.3 is 0 Å². The van der Waals surface area contributed by atoms with E-state index < -0.39 is 0 Å². The molecule has 2 aromatic rings. The lowest BCUT2D eigenvalue weighted by Gasteiger charge is -2.09.